The Morgan fingerprint density at radius 2 is 2.10 bits per heavy atom. The first kappa shape index (κ1) is 14.7. The minimum absolute atomic E-state index is 0.130. The summed E-state index contributed by atoms with van der Waals surface area (Å²) in [4.78, 5) is 10.4. The average Bonchev–Trinajstić information content (AvgIpc) is 2.46. The molecule has 0 amide bonds. The maximum atomic E-state index is 13.0. The van der Waals surface area contributed by atoms with Crippen molar-refractivity contribution < 1.29 is 14.1 Å². The normalized spacial score (nSPS) is 10.2. The number of nitrogens with zero attached hydrogens (tertiary/aromatic N) is 1. The van der Waals surface area contributed by atoms with E-state index in [0.717, 1.165) is 0 Å². The molecule has 0 aromatic heterocycles. The maximum absolute atomic E-state index is 13.0. The van der Waals surface area contributed by atoms with Crippen molar-refractivity contribution in [3.05, 3.63) is 63.5 Å². The minimum Gasteiger partial charge on any atom is -0.489 e. The van der Waals surface area contributed by atoms with Gasteiger partial charge in [0.25, 0.3) is 5.69 Å². The van der Waals surface area contributed by atoms with Crippen molar-refractivity contribution in [1.29, 1.82) is 0 Å². The molecule has 2 rings (SSSR count). The Kier molecular flexibility index (Phi) is 4.34. The van der Waals surface area contributed by atoms with Gasteiger partial charge in [-0.1, -0.05) is 6.07 Å². The molecule has 0 bridgehead atoms. The van der Waals surface area contributed by atoms with Gasteiger partial charge in [0.1, 0.15) is 23.9 Å². The number of anilines is 1. The Morgan fingerprint density at radius 3 is 2.71 bits per heavy atom. The predicted molar refractivity (Wildman–Crippen MR) is 76.4 cm³/mol. The molecule has 0 heterocycles. The van der Waals surface area contributed by atoms with Gasteiger partial charge in [0, 0.05) is 6.07 Å². The van der Waals surface area contributed by atoms with Gasteiger partial charge >= 0.3 is 0 Å². The van der Waals surface area contributed by atoms with Crippen molar-refractivity contribution >= 4 is 11.4 Å². The van der Waals surface area contributed by atoms with E-state index in [2.05, 4.69) is 5.43 Å². The zero-order chi connectivity index (χ0) is 15.4. The lowest BCUT2D eigenvalue weighted by Gasteiger charge is -2.10. The summed E-state index contributed by atoms with van der Waals surface area (Å²) in [5.74, 6) is 5.41. The molecule has 7 heteroatoms. The number of aryl methyl sites for hydroxylation is 1. The maximum Gasteiger partial charge on any atom is 0.294 e. The number of nitro groups is 1. The van der Waals surface area contributed by atoms with Gasteiger partial charge in [-0.05, 0) is 42.3 Å². The molecule has 6 nitrogen and oxygen atoms in total. The summed E-state index contributed by atoms with van der Waals surface area (Å²) in [6.45, 7) is 1.86. The molecule has 21 heavy (non-hydrogen) atoms. The topological polar surface area (TPSA) is 90.4 Å². The fourth-order valence-electron chi connectivity index (χ4n) is 1.88. The Bertz CT molecular complexity index is 677. The van der Waals surface area contributed by atoms with Gasteiger partial charge in [-0.2, -0.15) is 0 Å². The van der Waals surface area contributed by atoms with E-state index in [1.807, 2.05) is 0 Å². The van der Waals surface area contributed by atoms with Crippen LogP contribution in [0.4, 0.5) is 15.8 Å². The van der Waals surface area contributed by atoms with E-state index < -0.39 is 4.92 Å². The largest absolute Gasteiger partial charge is 0.489 e. The summed E-state index contributed by atoms with van der Waals surface area (Å²) in [5.41, 5.74) is 3.64. The molecule has 0 saturated heterocycles. The lowest BCUT2D eigenvalue weighted by Crippen LogP contribution is -2.09. The molecule has 0 spiro atoms. The van der Waals surface area contributed by atoms with Crippen LogP contribution in [0.25, 0.3) is 0 Å². The van der Waals surface area contributed by atoms with Crippen LogP contribution in [0.2, 0.25) is 0 Å². The smallest absolute Gasteiger partial charge is 0.294 e. The van der Waals surface area contributed by atoms with Gasteiger partial charge in [-0.25, -0.2) is 4.39 Å². The molecular formula is C14H14FN3O3. The lowest BCUT2D eigenvalue weighted by atomic mass is 10.2. The third-order valence-corrected chi connectivity index (χ3v) is 2.95. The van der Waals surface area contributed by atoms with Gasteiger partial charge < -0.3 is 10.2 Å². The van der Waals surface area contributed by atoms with Crippen LogP contribution in [-0.4, -0.2) is 4.92 Å². The Balaban J connectivity index is 2.16. The van der Waals surface area contributed by atoms with Crippen LogP contribution in [0.1, 0.15) is 11.1 Å². The Hall–Kier alpha value is -2.67. The van der Waals surface area contributed by atoms with Crippen molar-refractivity contribution in [3.8, 4) is 5.75 Å². The Labute approximate surface area is 120 Å². The first-order valence-electron chi connectivity index (χ1n) is 6.14. The van der Waals surface area contributed by atoms with Crippen molar-refractivity contribution in [2.45, 2.75) is 13.5 Å². The van der Waals surface area contributed by atoms with Gasteiger partial charge in [-0.3, -0.25) is 16.0 Å². The molecule has 0 aliphatic rings. The molecule has 0 unspecified atom stereocenters. The molecule has 0 aliphatic heterocycles. The number of hydrogen-bond acceptors (Lipinski definition) is 5. The van der Waals surface area contributed by atoms with Crippen LogP contribution in [0, 0.1) is 22.9 Å². The van der Waals surface area contributed by atoms with Gasteiger partial charge in [0.05, 0.1) is 4.92 Å². The van der Waals surface area contributed by atoms with E-state index in [0.29, 0.717) is 16.9 Å². The second-order valence-electron chi connectivity index (χ2n) is 4.45. The van der Waals surface area contributed by atoms with Crippen LogP contribution < -0.4 is 16.0 Å². The molecular weight excluding hydrogens is 277 g/mol. The van der Waals surface area contributed by atoms with E-state index in [-0.39, 0.29) is 23.8 Å². The standard InChI is InChI=1S/C14H14FN3O3/c1-9-6-11(15)3-5-14(9)21-8-10-2-4-12(17-16)13(7-10)18(19)20/h2-7,17H,8,16H2,1H3. The van der Waals surface area contributed by atoms with Crippen molar-refractivity contribution in [2.24, 2.45) is 5.84 Å². The second-order valence-corrected chi connectivity index (χ2v) is 4.45. The number of nitro benzene ring substituents is 1. The van der Waals surface area contributed by atoms with Crippen LogP contribution >= 0.6 is 0 Å². The van der Waals surface area contributed by atoms with Gasteiger partial charge in [0.2, 0.25) is 0 Å². The average molecular weight is 291 g/mol. The third-order valence-electron chi connectivity index (χ3n) is 2.95. The second kappa shape index (κ2) is 6.19. The zero-order valence-corrected chi connectivity index (χ0v) is 11.3. The number of hydrazine groups is 1. The molecule has 0 saturated carbocycles. The highest BCUT2D eigenvalue weighted by Gasteiger charge is 2.14. The van der Waals surface area contributed by atoms with E-state index in [1.165, 1.54) is 30.3 Å². The van der Waals surface area contributed by atoms with Crippen molar-refractivity contribution in [2.75, 3.05) is 5.43 Å². The number of rotatable bonds is 5. The number of nitrogens with two attached hydrogens (primary N) is 1. The van der Waals surface area contributed by atoms with Gasteiger partial charge in [-0.15, -0.1) is 0 Å². The first-order valence-corrected chi connectivity index (χ1v) is 6.14. The van der Waals surface area contributed by atoms with E-state index in [9.17, 15) is 14.5 Å². The molecule has 2 aromatic carbocycles. The molecule has 0 fully saturated rings. The quantitative estimate of drug-likeness (QED) is 0.502. The van der Waals surface area contributed by atoms with Crippen LogP contribution in [0.5, 0.6) is 5.75 Å². The summed E-state index contributed by atoms with van der Waals surface area (Å²) in [7, 11) is 0. The highest BCUT2D eigenvalue weighted by atomic mass is 19.1. The van der Waals surface area contributed by atoms with Crippen LogP contribution in [0.15, 0.2) is 36.4 Å². The number of nitrogens with one attached hydrogen (secondary N) is 1. The highest BCUT2D eigenvalue weighted by molar-refractivity contribution is 5.61. The predicted octanol–water partition coefficient (Wildman–Crippen LogP) is 2.91. The summed E-state index contributed by atoms with van der Waals surface area (Å²) in [6, 6.07) is 8.74. The van der Waals surface area contributed by atoms with Crippen molar-refractivity contribution in [1.82, 2.24) is 0 Å². The summed E-state index contributed by atoms with van der Waals surface area (Å²) >= 11 is 0. The van der Waals surface area contributed by atoms with E-state index in [1.54, 1.807) is 13.0 Å². The number of ether oxygens (including phenoxy) is 1. The van der Waals surface area contributed by atoms with Crippen molar-refractivity contribution in [3.63, 3.8) is 0 Å². The SMILES string of the molecule is Cc1cc(F)ccc1OCc1ccc(NN)c([N+](=O)[O-])c1. The van der Waals surface area contributed by atoms with E-state index in [4.69, 9.17) is 10.6 Å². The van der Waals surface area contributed by atoms with Crippen LogP contribution in [-0.2, 0) is 6.61 Å². The fraction of sp³-hybridized carbons (Fsp3) is 0.143. The van der Waals surface area contributed by atoms with E-state index >= 15 is 0 Å². The number of benzene rings is 2. The molecule has 3 N–H and O–H groups in total. The minimum atomic E-state index is -0.526. The lowest BCUT2D eigenvalue weighted by molar-refractivity contribution is -0.384. The third kappa shape index (κ3) is 3.46. The fourth-order valence-corrected chi connectivity index (χ4v) is 1.88. The summed E-state index contributed by atoms with van der Waals surface area (Å²) in [6.07, 6.45) is 0. The molecule has 2 aromatic rings. The summed E-state index contributed by atoms with van der Waals surface area (Å²) in [5, 5.41) is 10.9. The number of halogens is 1. The highest BCUT2D eigenvalue weighted by Crippen LogP contribution is 2.26. The number of hydrogen-bond donors (Lipinski definition) is 2. The number of nitrogen functional groups attached to an aromatic ring is 1. The first-order chi connectivity index (χ1) is 10.0. The molecule has 110 valence electrons. The molecule has 0 aliphatic carbocycles. The molecule has 0 radical (unpaired) electrons. The monoisotopic (exact) mass is 291 g/mol. The summed E-state index contributed by atoms with van der Waals surface area (Å²) < 4.78 is 18.5. The van der Waals surface area contributed by atoms with Crippen LogP contribution in [0.3, 0.4) is 0 Å². The van der Waals surface area contributed by atoms with Gasteiger partial charge in [0.15, 0.2) is 0 Å². The zero-order valence-electron chi connectivity index (χ0n) is 11.3. The molecule has 0 atom stereocenters. The Morgan fingerprint density at radius 1 is 1.33 bits per heavy atom.